The molecule has 2 aromatic rings. The molecule has 0 saturated heterocycles. The summed E-state index contributed by atoms with van der Waals surface area (Å²) < 4.78 is 26.2. The predicted octanol–water partition coefficient (Wildman–Crippen LogP) is 2.82. The van der Waals surface area contributed by atoms with Gasteiger partial charge in [0.25, 0.3) is 5.91 Å². The quantitative estimate of drug-likeness (QED) is 0.799. The number of anilines is 1. The van der Waals surface area contributed by atoms with Gasteiger partial charge in [-0.1, -0.05) is 6.07 Å². The van der Waals surface area contributed by atoms with Crippen LogP contribution in [0, 0.1) is 18.6 Å². The number of benzene rings is 1. The lowest BCUT2D eigenvalue weighted by Gasteiger charge is -2.07. The van der Waals surface area contributed by atoms with Crippen LogP contribution in [0.5, 0.6) is 0 Å². The number of carbonyl (C=O) groups excluding carboxylic acids is 2. The van der Waals surface area contributed by atoms with Gasteiger partial charge in [-0.25, -0.2) is 13.8 Å². The van der Waals surface area contributed by atoms with Crippen molar-refractivity contribution >= 4 is 17.6 Å². The van der Waals surface area contributed by atoms with Crippen molar-refractivity contribution in [1.29, 1.82) is 0 Å². The molecule has 0 saturated carbocycles. The van der Waals surface area contributed by atoms with Crippen molar-refractivity contribution in [2.75, 3.05) is 11.9 Å². The Bertz CT molecular complexity index is 733. The summed E-state index contributed by atoms with van der Waals surface area (Å²) >= 11 is 0. The SMILES string of the molecule is Cc1ccc(NC(=O)CCCNC(=O)c2ccc(F)cc2F)nc1. The molecule has 0 aliphatic rings. The molecule has 0 bridgehead atoms. The standard InChI is InChI=1S/C17H17F2N3O2/c1-11-4-7-15(21-10-11)22-16(23)3-2-8-20-17(24)13-6-5-12(18)9-14(13)19/h4-7,9-10H,2-3,8H2,1H3,(H,20,24)(H,21,22,23). The summed E-state index contributed by atoms with van der Waals surface area (Å²) in [5.41, 5.74) is 0.758. The molecule has 2 amide bonds. The molecule has 0 atom stereocenters. The Kier molecular flexibility index (Phi) is 5.95. The average Bonchev–Trinajstić information content (AvgIpc) is 2.53. The molecule has 126 valence electrons. The zero-order valence-corrected chi connectivity index (χ0v) is 13.1. The second kappa shape index (κ2) is 8.14. The van der Waals surface area contributed by atoms with Crippen LogP contribution in [0.1, 0.15) is 28.8 Å². The van der Waals surface area contributed by atoms with E-state index in [0.29, 0.717) is 18.3 Å². The van der Waals surface area contributed by atoms with E-state index in [1.165, 1.54) is 0 Å². The Hall–Kier alpha value is -2.83. The molecular formula is C17H17F2N3O2. The Morgan fingerprint density at radius 2 is 1.96 bits per heavy atom. The minimum Gasteiger partial charge on any atom is -0.352 e. The fourth-order valence-corrected chi connectivity index (χ4v) is 1.97. The largest absolute Gasteiger partial charge is 0.352 e. The summed E-state index contributed by atoms with van der Waals surface area (Å²) in [5, 5.41) is 5.13. The van der Waals surface area contributed by atoms with Crippen molar-refractivity contribution < 1.29 is 18.4 Å². The first kappa shape index (κ1) is 17.5. The highest BCUT2D eigenvalue weighted by Gasteiger charge is 2.12. The van der Waals surface area contributed by atoms with Gasteiger partial charge in [0.1, 0.15) is 17.5 Å². The van der Waals surface area contributed by atoms with E-state index in [4.69, 9.17) is 0 Å². The third kappa shape index (κ3) is 5.12. The van der Waals surface area contributed by atoms with Crippen LogP contribution in [0.25, 0.3) is 0 Å². The molecule has 1 heterocycles. The molecule has 0 aliphatic carbocycles. The first-order valence-corrected chi connectivity index (χ1v) is 7.41. The first-order chi connectivity index (χ1) is 11.5. The summed E-state index contributed by atoms with van der Waals surface area (Å²) in [6.45, 7) is 2.09. The van der Waals surface area contributed by atoms with E-state index in [0.717, 1.165) is 17.7 Å². The summed E-state index contributed by atoms with van der Waals surface area (Å²) in [6.07, 6.45) is 2.21. The first-order valence-electron chi connectivity index (χ1n) is 7.41. The second-order valence-corrected chi connectivity index (χ2v) is 5.25. The van der Waals surface area contributed by atoms with E-state index in [9.17, 15) is 18.4 Å². The lowest BCUT2D eigenvalue weighted by atomic mass is 10.2. The molecule has 0 spiro atoms. The highest BCUT2D eigenvalue weighted by Crippen LogP contribution is 2.09. The van der Waals surface area contributed by atoms with Crippen LogP contribution in [0.2, 0.25) is 0 Å². The average molecular weight is 333 g/mol. The van der Waals surface area contributed by atoms with Gasteiger partial charge in [0.15, 0.2) is 0 Å². The van der Waals surface area contributed by atoms with Gasteiger partial charge in [0, 0.05) is 25.2 Å². The topological polar surface area (TPSA) is 71.1 Å². The third-order valence-corrected chi connectivity index (χ3v) is 3.22. The number of rotatable bonds is 6. The number of nitrogens with zero attached hydrogens (tertiary/aromatic N) is 1. The van der Waals surface area contributed by atoms with Gasteiger partial charge in [0.05, 0.1) is 5.56 Å². The van der Waals surface area contributed by atoms with E-state index in [2.05, 4.69) is 15.6 Å². The zero-order valence-electron chi connectivity index (χ0n) is 13.1. The lowest BCUT2D eigenvalue weighted by molar-refractivity contribution is -0.116. The molecule has 7 heteroatoms. The molecule has 5 nitrogen and oxygen atoms in total. The zero-order chi connectivity index (χ0) is 17.5. The lowest BCUT2D eigenvalue weighted by Crippen LogP contribution is -2.26. The third-order valence-electron chi connectivity index (χ3n) is 3.22. The maximum atomic E-state index is 13.4. The molecule has 0 aliphatic heterocycles. The number of hydrogen-bond acceptors (Lipinski definition) is 3. The Morgan fingerprint density at radius 1 is 1.17 bits per heavy atom. The van der Waals surface area contributed by atoms with Gasteiger partial charge < -0.3 is 10.6 Å². The van der Waals surface area contributed by atoms with Gasteiger partial charge in [0.2, 0.25) is 5.91 Å². The summed E-state index contributed by atoms with van der Waals surface area (Å²) in [4.78, 5) is 27.6. The molecule has 1 aromatic carbocycles. The van der Waals surface area contributed by atoms with Crippen molar-refractivity contribution in [2.45, 2.75) is 19.8 Å². The number of halogens is 2. The molecule has 0 fully saturated rings. The van der Waals surface area contributed by atoms with Crippen molar-refractivity contribution in [3.63, 3.8) is 0 Å². The van der Waals surface area contributed by atoms with Crippen molar-refractivity contribution in [3.8, 4) is 0 Å². The van der Waals surface area contributed by atoms with Crippen molar-refractivity contribution in [3.05, 3.63) is 59.3 Å². The Morgan fingerprint density at radius 3 is 2.62 bits per heavy atom. The van der Waals surface area contributed by atoms with Crippen LogP contribution in [0.4, 0.5) is 14.6 Å². The van der Waals surface area contributed by atoms with E-state index >= 15 is 0 Å². The molecule has 0 radical (unpaired) electrons. The van der Waals surface area contributed by atoms with Crippen LogP contribution >= 0.6 is 0 Å². The van der Waals surface area contributed by atoms with E-state index in [-0.39, 0.29) is 24.4 Å². The fraction of sp³-hybridized carbons (Fsp3) is 0.235. The van der Waals surface area contributed by atoms with Gasteiger partial charge in [-0.15, -0.1) is 0 Å². The smallest absolute Gasteiger partial charge is 0.254 e. The van der Waals surface area contributed by atoms with Crippen LogP contribution in [-0.4, -0.2) is 23.3 Å². The summed E-state index contributed by atoms with van der Waals surface area (Å²) in [7, 11) is 0. The van der Waals surface area contributed by atoms with Crippen molar-refractivity contribution in [1.82, 2.24) is 10.3 Å². The fourth-order valence-electron chi connectivity index (χ4n) is 1.97. The van der Waals surface area contributed by atoms with Gasteiger partial charge in [-0.05, 0) is 37.1 Å². The summed E-state index contributed by atoms with van der Waals surface area (Å²) in [6, 6.07) is 6.28. The van der Waals surface area contributed by atoms with Gasteiger partial charge >= 0.3 is 0 Å². The molecule has 1 aromatic heterocycles. The molecular weight excluding hydrogens is 316 g/mol. The van der Waals surface area contributed by atoms with Crippen molar-refractivity contribution in [2.24, 2.45) is 0 Å². The number of hydrogen-bond donors (Lipinski definition) is 2. The second-order valence-electron chi connectivity index (χ2n) is 5.25. The normalized spacial score (nSPS) is 10.3. The highest BCUT2D eigenvalue weighted by molar-refractivity contribution is 5.94. The molecule has 24 heavy (non-hydrogen) atoms. The summed E-state index contributed by atoms with van der Waals surface area (Å²) in [5.74, 6) is -2.08. The Balaban J connectivity index is 1.73. The van der Waals surface area contributed by atoms with Gasteiger partial charge in [-0.2, -0.15) is 0 Å². The van der Waals surface area contributed by atoms with Crippen LogP contribution < -0.4 is 10.6 Å². The van der Waals surface area contributed by atoms with E-state index < -0.39 is 17.5 Å². The number of pyridine rings is 1. The predicted molar refractivity (Wildman–Crippen MR) is 85.5 cm³/mol. The maximum Gasteiger partial charge on any atom is 0.254 e. The van der Waals surface area contributed by atoms with Crippen LogP contribution in [0.3, 0.4) is 0 Å². The maximum absolute atomic E-state index is 13.4. The minimum absolute atomic E-state index is 0.182. The van der Waals surface area contributed by atoms with Crippen LogP contribution in [-0.2, 0) is 4.79 Å². The van der Waals surface area contributed by atoms with Gasteiger partial charge in [-0.3, -0.25) is 9.59 Å². The number of amides is 2. The number of nitrogens with one attached hydrogen (secondary N) is 2. The molecule has 2 N–H and O–H groups in total. The number of aryl methyl sites for hydroxylation is 1. The highest BCUT2D eigenvalue weighted by atomic mass is 19.1. The van der Waals surface area contributed by atoms with Crippen LogP contribution in [0.15, 0.2) is 36.5 Å². The Labute approximate surface area is 138 Å². The minimum atomic E-state index is -0.921. The number of carbonyl (C=O) groups is 2. The monoisotopic (exact) mass is 333 g/mol. The number of aromatic nitrogens is 1. The molecule has 0 unspecified atom stereocenters. The molecule has 2 rings (SSSR count). The van der Waals surface area contributed by atoms with E-state index in [1.54, 1.807) is 12.3 Å². The van der Waals surface area contributed by atoms with E-state index in [1.807, 2.05) is 13.0 Å².